The second kappa shape index (κ2) is 6.95. The summed E-state index contributed by atoms with van der Waals surface area (Å²) in [6.07, 6.45) is 4.95. The van der Waals surface area contributed by atoms with Crippen molar-refractivity contribution in [1.29, 1.82) is 0 Å². The molecule has 112 valence electrons. The molecule has 1 aliphatic rings. The van der Waals surface area contributed by atoms with Crippen molar-refractivity contribution in [2.75, 3.05) is 6.54 Å². The van der Waals surface area contributed by atoms with Crippen LogP contribution in [0.5, 0.6) is 0 Å². The van der Waals surface area contributed by atoms with Gasteiger partial charge in [-0.25, -0.2) is 0 Å². The highest BCUT2D eigenvalue weighted by molar-refractivity contribution is 7.16. The first kappa shape index (κ1) is 15.1. The highest BCUT2D eigenvalue weighted by atomic mass is 35.5. The molecule has 0 spiro atoms. The molecule has 1 atom stereocenters. The van der Waals surface area contributed by atoms with Gasteiger partial charge in [-0.05, 0) is 62.8 Å². The van der Waals surface area contributed by atoms with Crippen LogP contribution in [0.3, 0.4) is 0 Å². The minimum absolute atomic E-state index is 0.642. The van der Waals surface area contributed by atoms with Crippen molar-refractivity contribution >= 4 is 22.9 Å². The van der Waals surface area contributed by atoms with E-state index in [9.17, 15) is 0 Å². The third-order valence-corrected chi connectivity index (χ3v) is 5.29. The SMILES string of the molecule is Cc1ccc(CC(CNC2CC2)Cc2ccc(Cl)s2)cc1. The summed E-state index contributed by atoms with van der Waals surface area (Å²) in [5, 5.41) is 3.69. The van der Waals surface area contributed by atoms with Gasteiger partial charge in [0.2, 0.25) is 0 Å². The van der Waals surface area contributed by atoms with Gasteiger partial charge < -0.3 is 5.32 Å². The minimum atomic E-state index is 0.642. The van der Waals surface area contributed by atoms with Gasteiger partial charge in [0.1, 0.15) is 0 Å². The summed E-state index contributed by atoms with van der Waals surface area (Å²) in [7, 11) is 0. The van der Waals surface area contributed by atoms with Gasteiger partial charge in [-0.15, -0.1) is 11.3 Å². The van der Waals surface area contributed by atoms with E-state index in [0.717, 1.165) is 29.8 Å². The van der Waals surface area contributed by atoms with E-state index < -0.39 is 0 Å². The number of nitrogens with one attached hydrogen (secondary N) is 1. The lowest BCUT2D eigenvalue weighted by atomic mass is 9.95. The van der Waals surface area contributed by atoms with Gasteiger partial charge in [-0.3, -0.25) is 0 Å². The molecule has 1 aromatic carbocycles. The predicted molar refractivity (Wildman–Crippen MR) is 92.4 cm³/mol. The van der Waals surface area contributed by atoms with E-state index in [4.69, 9.17) is 11.6 Å². The van der Waals surface area contributed by atoms with Gasteiger partial charge in [-0.2, -0.15) is 0 Å². The average Bonchev–Trinajstić information content (AvgIpc) is 3.21. The molecule has 1 nitrogen and oxygen atoms in total. The van der Waals surface area contributed by atoms with E-state index in [1.54, 1.807) is 11.3 Å². The van der Waals surface area contributed by atoms with Gasteiger partial charge in [0, 0.05) is 10.9 Å². The zero-order valence-electron chi connectivity index (χ0n) is 12.4. The maximum atomic E-state index is 6.06. The molecule has 0 radical (unpaired) electrons. The van der Waals surface area contributed by atoms with E-state index in [1.165, 1.54) is 28.8 Å². The van der Waals surface area contributed by atoms with Crippen molar-refractivity contribution in [2.45, 2.75) is 38.6 Å². The first-order valence-electron chi connectivity index (χ1n) is 7.72. The number of thiophene rings is 1. The van der Waals surface area contributed by atoms with Crippen LogP contribution in [0.15, 0.2) is 36.4 Å². The molecule has 1 aromatic heterocycles. The largest absolute Gasteiger partial charge is 0.314 e. The quantitative estimate of drug-likeness (QED) is 0.768. The molecular weight excluding hydrogens is 298 g/mol. The first-order chi connectivity index (χ1) is 10.2. The number of hydrogen-bond donors (Lipinski definition) is 1. The molecule has 1 N–H and O–H groups in total. The maximum Gasteiger partial charge on any atom is 0.0931 e. The fourth-order valence-electron chi connectivity index (χ4n) is 2.64. The lowest BCUT2D eigenvalue weighted by molar-refractivity contribution is 0.471. The Labute approximate surface area is 136 Å². The topological polar surface area (TPSA) is 12.0 Å². The van der Waals surface area contributed by atoms with E-state index in [2.05, 4.69) is 42.6 Å². The summed E-state index contributed by atoms with van der Waals surface area (Å²) in [6, 6.07) is 13.9. The standard InChI is InChI=1S/C18H22ClNS/c1-13-2-4-14(5-3-13)10-15(12-20-16-6-7-16)11-17-8-9-18(19)21-17/h2-5,8-9,15-16,20H,6-7,10-12H2,1H3. The summed E-state index contributed by atoms with van der Waals surface area (Å²) in [6.45, 7) is 3.25. The van der Waals surface area contributed by atoms with Crippen molar-refractivity contribution in [3.05, 3.63) is 56.7 Å². The smallest absolute Gasteiger partial charge is 0.0931 e. The van der Waals surface area contributed by atoms with E-state index >= 15 is 0 Å². The van der Waals surface area contributed by atoms with Crippen LogP contribution >= 0.6 is 22.9 Å². The Morgan fingerprint density at radius 2 is 1.90 bits per heavy atom. The average molecular weight is 320 g/mol. The second-order valence-electron chi connectivity index (χ2n) is 6.15. The number of rotatable bonds is 7. The van der Waals surface area contributed by atoms with Gasteiger partial charge in [0.05, 0.1) is 4.34 Å². The first-order valence-corrected chi connectivity index (χ1v) is 8.91. The Kier molecular flexibility index (Phi) is 4.99. The molecule has 3 rings (SSSR count). The minimum Gasteiger partial charge on any atom is -0.314 e. The molecule has 0 aliphatic heterocycles. The van der Waals surface area contributed by atoms with Gasteiger partial charge >= 0.3 is 0 Å². The predicted octanol–water partition coefficient (Wildman–Crippen LogP) is 4.86. The highest BCUT2D eigenvalue weighted by Crippen LogP contribution is 2.26. The molecule has 0 bridgehead atoms. The second-order valence-corrected chi connectivity index (χ2v) is 7.95. The zero-order chi connectivity index (χ0) is 14.7. The third kappa shape index (κ3) is 4.84. The van der Waals surface area contributed by atoms with Crippen LogP contribution in [-0.2, 0) is 12.8 Å². The third-order valence-electron chi connectivity index (χ3n) is 4.04. The van der Waals surface area contributed by atoms with Crippen LogP contribution in [0.25, 0.3) is 0 Å². The van der Waals surface area contributed by atoms with Crippen LogP contribution < -0.4 is 5.32 Å². The molecule has 1 heterocycles. The molecule has 0 amide bonds. The van der Waals surface area contributed by atoms with Crippen molar-refractivity contribution < 1.29 is 0 Å². The number of benzene rings is 1. The Morgan fingerprint density at radius 1 is 1.14 bits per heavy atom. The molecule has 3 heteroatoms. The summed E-state index contributed by atoms with van der Waals surface area (Å²) in [5.74, 6) is 0.642. The molecule has 1 saturated carbocycles. The molecule has 1 fully saturated rings. The summed E-state index contributed by atoms with van der Waals surface area (Å²) in [4.78, 5) is 1.40. The Morgan fingerprint density at radius 3 is 2.52 bits per heavy atom. The van der Waals surface area contributed by atoms with Crippen LogP contribution in [0.1, 0.15) is 28.8 Å². The number of aryl methyl sites for hydroxylation is 1. The van der Waals surface area contributed by atoms with Crippen molar-refractivity contribution in [1.82, 2.24) is 5.32 Å². The summed E-state index contributed by atoms with van der Waals surface area (Å²) >= 11 is 7.78. The Bertz CT molecular complexity index is 571. The number of halogens is 1. The van der Waals surface area contributed by atoms with Crippen molar-refractivity contribution in [2.24, 2.45) is 5.92 Å². The van der Waals surface area contributed by atoms with Crippen molar-refractivity contribution in [3.8, 4) is 0 Å². The van der Waals surface area contributed by atoms with Gasteiger partial charge in [0.25, 0.3) is 0 Å². The van der Waals surface area contributed by atoms with E-state index in [-0.39, 0.29) is 0 Å². The van der Waals surface area contributed by atoms with Crippen LogP contribution in [0.4, 0.5) is 0 Å². The zero-order valence-corrected chi connectivity index (χ0v) is 14.0. The monoisotopic (exact) mass is 319 g/mol. The van der Waals surface area contributed by atoms with Crippen molar-refractivity contribution in [3.63, 3.8) is 0 Å². The molecular formula is C18H22ClNS. The lowest BCUT2D eigenvalue weighted by Gasteiger charge is -2.17. The van der Waals surface area contributed by atoms with Gasteiger partial charge in [-0.1, -0.05) is 41.4 Å². The van der Waals surface area contributed by atoms with Crippen LogP contribution in [0, 0.1) is 12.8 Å². The van der Waals surface area contributed by atoms with Gasteiger partial charge in [0.15, 0.2) is 0 Å². The Balaban J connectivity index is 1.63. The molecule has 2 aromatic rings. The Hall–Kier alpha value is -0.830. The molecule has 21 heavy (non-hydrogen) atoms. The molecule has 1 aliphatic carbocycles. The van der Waals surface area contributed by atoms with Crippen LogP contribution in [-0.4, -0.2) is 12.6 Å². The summed E-state index contributed by atoms with van der Waals surface area (Å²) in [5.41, 5.74) is 2.77. The lowest BCUT2D eigenvalue weighted by Crippen LogP contribution is -2.27. The van der Waals surface area contributed by atoms with E-state index in [1.807, 2.05) is 6.07 Å². The normalized spacial score (nSPS) is 16.1. The fraction of sp³-hybridized carbons (Fsp3) is 0.444. The highest BCUT2D eigenvalue weighted by Gasteiger charge is 2.22. The summed E-state index contributed by atoms with van der Waals surface area (Å²) < 4.78 is 0.897. The molecule has 0 saturated heterocycles. The van der Waals surface area contributed by atoms with E-state index in [0.29, 0.717) is 5.92 Å². The maximum absolute atomic E-state index is 6.06. The molecule has 1 unspecified atom stereocenters. The number of hydrogen-bond acceptors (Lipinski definition) is 2. The van der Waals surface area contributed by atoms with Crippen LogP contribution in [0.2, 0.25) is 4.34 Å². The fourth-order valence-corrected chi connectivity index (χ4v) is 3.84.